The van der Waals surface area contributed by atoms with Gasteiger partial charge in [0.15, 0.2) is 0 Å². The highest BCUT2D eigenvalue weighted by atomic mass is 79.9. The number of halogens is 4. The first kappa shape index (κ1) is 24.3. The average Bonchev–Trinajstić information content (AvgIpc) is 3.21. The third-order valence-corrected chi connectivity index (χ3v) is 8.13. The Hall–Kier alpha value is -1.82. The van der Waals surface area contributed by atoms with Crippen LogP contribution in [-0.4, -0.2) is 18.6 Å². The molecule has 172 valence electrons. The molecule has 33 heavy (non-hydrogen) atoms. The number of amides is 1. The molecule has 7 nitrogen and oxygen atoms in total. The summed E-state index contributed by atoms with van der Waals surface area (Å²) < 4.78 is 34.1. The van der Waals surface area contributed by atoms with E-state index in [0.29, 0.717) is 30.8 Å². The minimum Gasteiger partial charge on any atom is -0.348 e. The van der Waals surface area contributed by atoms with Crippen LogP contribution in [0.15, 0.2) is 70.0 Å². The van der Waals surface area contributed by atoms with Crippen LogP contribution >= 0.6 is 62.9 Å². The number of nitrogens with zero attached hydrogens (tertiary/aromatic N) is 1. The monoisotopic (exact) mass is 606 g/mol. The molecule has 0 saturated carbocycles. The van der Waals surface area contributed by atoms with Crippen molar-refractivity contribution < 1.29 is 13.2 Å². The summed E-state index contributed by atoms with van der Waals surface area (Å²) in [4.78, 5) is 13.0. The SMILES string of the molecule is O=C(NCc1c(Cl)cc(Cl)cc1Cl)c1ccc(Br)cc1NS(=O)(=O)C1=CC=CN2SNC=C12. The van der Waals surface area contributed by atoms with Crippen molar-refractivity contribution in [2.45, 2.75) is 6.54 Å². The smallest absolute Gasteiger partial charge is 0.264 e. The second-order valence-corrected chi connectivity index (χ2v) is 11.4. The molecule has 3 N–H and O–H groups in total. The summed E-state index contributed by atoms with van der Waals surface area (Å²) in [6, 6.07) is 7.71. The number of benzene rings is 2. The van der Waals surface area contributed by atoms with E-state index in [1.54, 1.807) is 28.8 Å². The largest absolute Gasteiger partial charge is 0.348 e. The van der Waals surface area contributed by atoms with Crippen LogP contribution < -0.4 is 14.8 Å². The maximum atomic E-state index is 13.2. The number of rotatable bonds is 6. The van der Waals surface area contributed by atoms with Crippen molar-refractivity contribution >= 4 is 84.5 Å². The van der Waals surface area contributed by atoms with Gasteiger partial charge in [-0.2, -0.15) is 0 Å². The molecule has 0 fully saturated rings. The summed E-state index contributed by atoms with van der Waals surface area (Å²) in [7, 11) is -4.01. The summed E-state index contributed by atoms with van der Waals surface area (Å²) in [6.07, 6.45) is 6.44. The lowest BCUT2D eigenvalue weighted by molar-refractivity contribution is 0.0952. The first-order valence-electron chi connectivity index (χ1n) is 9.20. The Balaban J connectivity index is 1.59. The molecule has 2 aliphatic rings. The summed E-state index contributed by atoms with van der Waals surface area (Å²) in [6.45, 7) is 0.0244. The van der Waals surface area contributed by atoms with Crippen molar-refractivity contribution in [3.8, 4) is 0 Å². The van der Waals surface area contributed by atoms with Crippen LogP contribution in [-0.2, 0) is 16.6 Å². The van der Waals surface area contributed by atoms with Gasteiger partial charge in [0.25, 0.3) is 15.9 Å². The highest BCUT2D eigenvalue weighted by Gasteiger charge is 2.30. The first-order chi connectivity index (χ1) is 15.7. The maximum Gasteiger partial charge on any atom is 0.264 e. The standard InChI is InChI=1S/C20H14BrCl3N4O3S2/c21-11-3-4-13(20(29)25-9-14-15(23)7-12(22)8-16(14)24)17(6-11)27-33(30,31)19-2-1-5-28-18(19)10-26-32-28/h1-8,10,26-27H,9H2,(H,25,29). The number of anilines is 1. The van der Waals surface area contributed by atoms with Gasteiger partial charge >= 0.3 is 0 Å². The molecule has 2 aromatic carbocycles. The number of carbonyl (C=O) groups excluding carboxylic acids is 1. The van der Waals surface area contributed by atoms with Crippen molar-refractivity contribution in [2.75, 3.05) is 4.72 Å². The van der Waals surface area contributed by atoms with Crippen LogP contribution in [0.1, 0.15) is 15.9 Å². The second kappa shape index (κ2) is 9.81. The lowest BCUT2D eigenvalue weighted by Crippen LogP contribution is -2.26. The van der Waals surface area contributed by atoms with Crippen LogP contribution in [0.5, 0.6) is 0 Å². The summed E-state index contributed by atoms with van der Waals surface area (Å²) in [5.41, 5.74) is 1.20. The fraction of sp³-hybridized carbons (Fsp3) is 0.0500. The van der Waals surface area contributed by atoms with E-state index < -0.39 is 15.9 Å². The zero-order valence-corrected chi connectivity index (χ0v) is 21.9. The Kier molecular flexibility index (Phi) is 7.23. The van der Waals surface area contributed by atoms with E-state index >= 15 is 0 Å². The third kappa shape index (κ3) is 5.31. The Morgan fingerprint density at radius 3 is 2.61 bits per heavy atom. The topological polar surface area (TPSA) is 90.5 Å². The van der Waals surface area contributed by atoms with E-state index in [0.717, 1.165) is 0 Å². The van der Waals surface area contributed by atoms with Gasteiger partial charge in [0, 0.05) is 44.0 Å². The Bertz CT molecular complexity index is 1320. The molecule has 0 unspecified atom stereocenters. The van der Waals surface area contributed by atoms with Crippen LogP contribution in [0.25, 0.3) is 0 Å². The fourth-order valence-electron chi connectivity index (χ4n) is 3.07. The van der Waals surface area contributed by atoms with Gasteiger partial charge in [-0.25, -0.2) is 8.42 Å². The average molecular weight is 609 g/mol. The molecule has 13 heteroatoms. The maximum absolute atomic E-state index is 13.2. The van der Waals surface area contributed by atoms with E-state index in [-0.39, 0.29) is 22.7 Å². The fourth-order valence-corrected chi connectivity index (χ4v) is 6.35. The van der Waals surface area contributed by atoms with E-state index in [9.17, 15) is 13.2 Å². The van der Waals surface area contributed by atoms with E-state index in [4.69, 9.17) is 34.8 Å². The zero-order chi connectivity index (χ0) is 23.8. The van der Waals surface area contributed by atoms with Crippen molar-refractivity contribution in [3.05, 3.63) is 96.2 Å². The molecule has 0 bridgehead atoms. The number of hydrogen-bond acceptors (Lipinski definition) is 6. The van der Waals surface area contributed by atoms with E-state index in [2.05, 4.69) is 30.7 Å². The van der Waals surface area contributed by atoms with Gasteiger partial charge in [-0.3, -0.25) is 13.8 Å². The number of nitrogens with one attached hydrogen (secondary N) is 3. The van der Waals surface area contributed by atoms with Gasteiger partial charge in [-0.05, 0) is 42.5 Å². The van der Waals surface area contributed by atoms with Gasteiger partial charge < -0.3 is 10.0 Å². The van der Waals surface area contributed by atoms with E-state index in [1.165, 1.54) is 42.5 Å². The zero-order valence-electron chi connectivity index (χ0n) is 16.4. The molecule has 0 aliphatic carbocycles. The molecular weight excluding hydrogens is 595 g/mol. The molecule has 2 aromatic rings. The normalized spacial score (nSPS) is 14.8. The highest BCUT2D eigenvalue weighted by molar-refractivity contribution is 9.10. The van der Waals surface area contributed by atoms with Gasteiger partial charge in [0.2, 0.25) is 0 Å². The van der Waals surface area contributed by atoms with Crippen molar-refractivity contribution in [3.63, 3.8) is 0 Å². The summed E-state index contributed by atoms with van der Waals surface area (Å²) in [5.74, 6) is -0.515. The molecule has 0 atom stereocenters. The quantitative estimate of drug-likeness (QED) is 0.359. The van der Waals surface area contributed by atoms with Crippen LogP contribution in [0, 0.1) is 0 Å². The molecular formula is C20H14BrCl3N4O3S2. The molecule has 0 aromatic heterocycles. The van der Waals surface area contributed by atoms with Crippen molar-refractivity contribution in [1.82, 2.24) is 14.3 Å². The second-order valence-electron chi connectivity index (χ2n) is 6.76. The lowest BCUT2D eigenvalue weighted by Gasteiger charge is -2.21. The Morgan fingerprint density at radius 2 is 1.88 bits per heavy atom. The van der Waals surface area contributed by atoms with Crippen molar-refractivity contribution in [1.29, 1.82) is 0 Å². The van der Waals surface area contributed by atoms with Gasteiger partial charge in [-0.15, -0.1) is 0 Å². The predicted molar refractivity (Wildman–Crippen MR) is 137 cm³/mol. The number of hydrogen-bond donors (Lipinski definition) is 3. The number of carbonyl (C=O) groups is 1. The Morgan fingerprint density at radius 1 is 1.15 bits per heavy atom. The van der Waals surface area contributed by atoms with Crippen LogP contribution in [0.3, 0.4) is 0 Å². The molecule has 0 saturated heterocycles. The molecule has 0 radical (unpaired) electrons. The highest BCUT2D eigenvalue weighted by Crippen LogP contribution is 2.35. The molecule has 2 heterocycles. The summed E-state index contributed by atoms with van der Waals surface area (Å²) >= 11 is 22.9. The first-order valence-corrected chi connectivity index (χ1v) is 13.4. The number of fused-ring (bicyclic) bond motifs is 1. The lowest BCUT2D eigenvalue weighted by atomic mass is 10.1. The van der Waals surface area contributed by atoms with Crippen LogP contribution in [0.2, 0.25) is 15.1 Å². The van der Waals surface area contributed by atoms with E-state index in [1.807, 2.05) is 0 Å². The number of sulfonamides is 1. The molecule has 1 amide bonds. The summed E-state index contributed by atoms with van der Waals surface area (Å²) in [5, 5.41) is 3.71. The van der Waals surface area contributed by atoms with Crippen molar-refractivity contribution in [2.24, 2.45) is 0 Å². The third-order valence-electron chi connectivity index (χ3n) is 4.60. The molecule has 4 rings (SSSR count). The predicted octanol–water partition coefficient (Wildman–Crippen LogP) is 5.80. The Labute approximate surface area is 218 Å². The minimum atomic E-state index is -4.01. The minimum absolute atomic E-state index is 0.0244. The molecule has 0 spiro atoms. The van der Waals surface area contributed by atoms with Gasteiger partial charge in [0.05, 0.1) is 29.1 Å². The molecule has 2 aliphatic heterocycles. The number of allylic oxidation sites excluding steroid dienone is 2. The van der Waals surface area contributed by atoms with Crippen LogP contribution in [0.4, 0.5) is 5.69 Å². The van der Waals surface area contributed by atoms with Gasteiger partial charge in [-0.1, -0.05) is 50.7 Å². The van der Waals surface area contributed by atoms with Gasteiger partial charge in [0.1, 0.15) is 4.91 Å².